The maximum absolute atomic E-state index is 5.69. The van der Waals surface area contributed by atoms with Gasteiger partial charge in [-0.25, -0.2) is 9.97 Å². The predicted molar refractivity (Wildman–Crippen MR) is 70.7 cm³/mol. The number of oxazole rings is 1. The summed E-state index contributed by atoms with van der Waals surface area (Å²) in [4.78, 5) is 8.74. The second kappa shape index (κ2) is 4.21. The summed E-state index contributed by atoms with van der Waals surface area (Å²) < 4.78 is 6.58. The van der Waals surface area contributed by atoms with Crippen molar-refractivity contribution in [1.82, 2.24) is 9.97 Å². The molecular formula is C11H8BrN3OS. The van der Waals surface area contributed by atoms with Crippen molar-refractivity contribution in [2.24, 2.45) is 5.73 Å². The Bertz CT molecular complexity index is 676. The second-order valence-electron chi connectivity index (χ2n) is 3.44. The van der Waals surface area contributed by atoms with E-state index in [1.165, 1.54) is 11.3 Å². The van der Waals surface area contributed by atoms with Gasteiger partial charge in [-0.2, -0.15) is 0 Å². The highest BCUT2D eigenvalue weighted by Gasteiger charge is 2.12. The molecule has 0 aliphatic heterocycles. The molecule has 17 heavy (non-hydrogen) atoms. The zero-order valence-electron chi connectivity index (χ0n) is 8.68. The highest BCUT2D eigenvalue weighted by Crippen LogP contribution is 2.29. The summed E-state index contributed by atoms with van der Waals surface area (Å²) in [6.07, 6.45) is 0. The smallest absolute Gasteiger partial charge is 0.247 e. The molecule has 4 nitrogen and oxygen atoms in total. The van der Waals surface area contributed by atoms with Crippen LogP contribution in [0.4, 0.5) is 0 Å². The largest absolute Gasteiger partial charge is 0.433 e. The van der Waals surface area contributed by atoms with Crippen molar-refractivity contribution in [3.8, 4) is 11.6 Å². The lowest BCUT2D eigenvalue weighted by Crippen LogP contribution is -1.94. The lowest BCUT2D eigenvalue weighted by Gasteiger charge is -1.88. The van der Waals surface area contributed by atoms with Gasteiger partial charge in [-0.3, -0.25) is 0 Å². The monoisotopic (exact) mass is 309 g/mol. The standard InChI is InChI=1S/C11H8BrN3OS/c12-6-2-1-3-7-10(6)16-11(15-7)8-5-17-9(4-13)14-8/h1-3,5H,4,13H2. The molecule has 2 aromatic heterocycles. The van der Waals surface area contributed by atoms with Crippen LogP contribution < -0.4 is 5.73 Å². The molecule has 0 radical (unpaired) electrons. The van der Waals surface area contributed by atoms with Crippen LogP contribution in [-0.4, -0.2) is 9.97 Å². The number of fused-ring (bicyclic) bond motifs is 1. The summed E-state index contributed by atoms with van der Waals surface area (Å²) in [5, 5.41) is 2.78. The number of nitrogens with zero attached hydrogens (tertiary/aromatic N) is 2. The number of aromatic nitrogens is 2. The molecule has 0 saturated heterocycles. The normalized spacial score (nSPS) is 11.2. The van der Waals surface area contributed by atoms with E-state index in [4.69, 9.17) is 10.2 Å². The third-order valence-corrected chi connectivity index (χ3v) is 3.81. The van der Waals surface area contributed by atoms with E-state index in [0.29, 0.717) is 12.4 Å². The third kappa shape index (κ3) is 1.88. The van der Waals surface area contributed by atoms with Gasteiger partial charge in [0.15, 0.2) is 5.58 Å². The second-order valence-corrected chi connectivity index (χ2v) is 5.23. The molecule has 0 amide bonds. The molecule has 2 heterocycles. The van der Waals surface area contributed by atoms with E-state index in [1.807, 2.05) is 23.6 Å². The Labute approximate surface area is 110 Å². The van der Waals surface area contributed by atoms with Gasteiger partial charge < -0.3 is 10.2 Å². The van der Waals surface area contributed by atoms with Crippen molar-refractivity contribution in [2.75, 3.05) is 0 Å². The fourth-order valence-corrected chi connectivity index (χ4v) is 2.61. The van der Waals surface area contributed by atoms with Crippen molar-refractivity contribution >= 4 is 38.4 Å². The summed E-state index contributed by atoms with van der Waals surface area (Å²) in [6, 6.07) is 5.75. The zero-order valence-corrected chi connectivity index (χ0v) is 11.1. The van der Waals surface area contributed by atoms with Crippen LogP contribution in [0.15, 0.2) is 32.5 Å². The van der Waals surface area contributed by atoms with Gasteiger partial charge in [-0.15, -0.1) is 11.3 Å². The fourth-order valence-electron chi connectivity index (χ4n) is 1.53. The van der Waals surface area contributed by atoms with E-state index in [1.54, 1.807) is 0 Å². The van der Waals surface area contributed by atoms with Gasteiger partial charge in [0.25, 0.3) is 0 Å². The maximum atomic E-state index is 5.69. The Balaban J connectivity index is 2.14. The van der Waals surface area contributed by atoms with Crippen LogP contribution in [0.2, 0.25) is 0 Å². The van der Waals surface area contributed by atoms with E-state index in [-0.39, 0.29) is 0 Å². The Hall–Kier alpha value is -1.24. The summed E-state index contributed by atoms with van der Waals surface area (Å²) in [7, 11) is 0. The average Bonchev–Trinajstić information content (AvgIpc) is 2.95. The maximum Gasteiger partial charge on any atom is 0.247 e. The molecular weight excluding hydrogens is 302 g/mol. The molecule has 0 atom stereocenters. The first-order valence-corrected chi connectivity index (χ1v) is 6.65. The Morgan fingerprint density at radius 3 is 2.94 bits per heavy atom. The third-order valence-electron chi connectivity index (χ3n) is 2.31. The molecule has 0 spiro atoms. The summed E-state index contributed by atoms with van der Waals surface area (Å²) in [5.74, 6) is 0.530. The van der Waals surface area contributed by atoms with Crippen LogP contribution in [0.25, 0.3) is 22.7 Å². The Morgan fingerprint density at radius 2 is 2.24 bits per heavy atom. The molecule has 0 aliphatic carbocycles. The predicted octanol–water partition coefficient (Wildman–Crippen LogP) is 3.17. The minimum Gasteiger partial charge on any atom is -0.433 e. The van der Waals surface area contributed by atoms with E-state index in [2.05, 4.69) is 25.9 Å². The summed E-state index contributed by atoms with van der Waals surface area (Å²) in [6.45, 7) is 0.439. The van der Waals surface area contributed by atoms with Crippen LogP contribution in [-0.2, 0) is 6.54 Å². The van der Waals surface area contributed by atoms with E-state index >= 15 is 0 Å². The van der Waals surface area contributed by atoms with Gasteiger partial charge in [0.1, 0.15) is 16.2 Å². The van der Waals surface area contributed by atoms with Crippen LogP contribution in [0, 0.1) is 0 Å². The van der Waals surface area contributed by atoms with Crippen LogP contribution in [0.1, 0.15) is 5.01 Å². The van der Waals surface area contributed by atoms with E-state index in [9.17, 15) is 0 Å². The molecule has 0 bridgehead atoms. The molecule has 3 rings (SSSR count). The van der Waals surface area contributed by atoms with Crippen molar-refractivity contribution in [3.05, 3.63) is 33.1 Å². The first-order chi connectivity index (χ1) is 8.28. The highest BCUT2D eigenvalue weighted by atomic mass is 79.9. The molecule has 1 aromatic carbocycles. The number of hydrogen-bond donors (Lipinski definition) is 1. The molecule has 0 unspecified atom stereocenters. The SMILES string of the molecule is NCc1nc(-c2nc3cccc(Br)c3o2)cs1. The highest BCUT2D eigenvalue weighted by molar-refractivity contribution is 9.10. The fraction of sp³-hybridized carbons (Fsp3) is 0.0909. The van der Waals surface area contributed by atoms with Crippen LogP contribution >= 0.6 is 27.3 Å². The van der Waals surface area contributed by atoms with Crippen molar-refractivity contribution in [2.45, 2.75) is 6.54 Å². The van der Waals surface area contributed by atoms with Gasteiger partial charge in [0.2, 0.25) is 5.89 Å². The quantitative estimate of drug-likeness (QED) is 0.789. The molecule has 3 aromatic rings. The molecule has 2 N–H and O–H groups in total. The number of benzene rings is 1. The van der Waals surface area contributed by atoms with Crippen molar-refractivity contribution < 1.29 is 4.42 Å². The summed E-state index contributed by atoms with van der Waals surface area (Å²) >= 11 is 4.94. The lowest BCUT2D eigenvalue weighted by molar-refractivity contribution is 0.615. The number of halogens is 1. The Kier molecular flexibility index (Phi) is 2.70. The zero-order chi connectivity index (χ0) is 11.8. The van der Waals surface area contributed by atoms with E-state index in [0.717, 1.165) is 26.3 Å². The Morgan fingerprint density at radius 1 is 1.35 bits per heavy atom. The molecule has 0 aliphatic rings. The molecule has 0 saturated carbocycles. The molecule has 0 fully saturated rings. The van der Waals surface area contributed by atoms with Gasteiger partial charge in [-0.05, 0) is 28.1 Å². The average molecular weight is 310 g/mol. The molecule has 6 heteroatoms. The topological polar surface area (TPSA) is 64.9 Å². The van der Waals surface area contributed by atoms with Gasteiger partial charge in [0, 0.05) is 11.9 Å². The summed E-state index contributed by atoms with van der Waals surface area (Å²) in [5.41, 5.74) is 7.82. The molecule has 86 valence electrons. The first kappa shape index (κ1) is 10.9. The van der Waals surface area contributed by atoms with E-state index < -0.39 is 0 Å². The van der Waals surface area contributed by atoms with Crippen LogP contribution in [0.3, 0.4) is 0 Å². The number of nitrogens with two attached hydrogens (primary N) is 1. The number of hydrogen-bond acceptors (Lipinski definition) is 5. The number of rotatable bonds is 2. The minimum absolute atomic E-state index is 0.439. The number of thiazole rings is 1. The van der Waals surface area contributed by atoms with Gasteiger partial charge >= 0.3 is 0 Å². The number of para-hydroxylation sites is 1. The van der Waals surface area contributed by atoms with Gasteiger partial charge in [-0.1, -0.05) is 6.07 Å². The van der Waals surface area contributed by atoms with Gasteiger partial charge in [0.05, 0.1) is 4.47 Å². The van der Waals surface area contributed by atoms with Crippen molar-refractivity contribution in [1.29, 1.82) is 0 Å². The lowest BCUT2D eigenvalue weighted by atomic mass is 10.3. The van der Waals surface area contributed by atoms with Crippen molar-refractivity contribution in [3.63, 3.8) is 0 Å². The first-order valence-electron chi connectivity index (χ1n) is 4.98. The minimum atomic E-state index is 0.439. The van der Waals surface area contributed by atoms with Crippen LogP contribution in [0.5, 0.6) is 0 Å².